The summed E-state index contributed by atoms with van der Waals surface area (Å²) in [6, 6.07) is -0.0964. The first kappa shape index (κ1) is 13.6. The Morgan fingerprint density at radius 2 is 2.06 bits per heavy atom. The van der Waals surface area contributed by atoms with Crippen LogP contribution in [0.25, 0.3) is 0 Å². The van der Waals surface area contributed by atoms with Crippen molar-refractivity contribution >= 4 is 6.03 Å². The topological polar surface area (TPSA) is 64.6 Å². The molecule has 0 bridgehead atoms. The van der Waals surface area contributed by atoms with Crippen molar-refractivity contribution in [3.63, 3.8) is 0 Å². The van der Waals surface area contributed by atoms with Crippen LogP contribution in [-0.2, 0) is 0 Å². The molecule has 2 amide bonds. The first-order valence-electron chi connectivity index (χ1n) is 7.17. The molecule has 2 aliphatic heterocycles. The van der Waals surface area contributed by atoms with Gasteiger partial charge in [0.05, 0.1) is 5.54 Å². The van der Waals surface area contributed by atoms with E-state index in [2.05, 4.69) is 17.6 Å². The molecule has 5 heteroatoms. The molecule has 2 saturated heterocycles. The van der Waals surface area contributed by atoms with E-state index in [0.29, 0.717) is 6.54 Å². The SMILES string of the molecule is CCCCCCN1C(=O)NC2(CCNCC2)C1O. The van der Waals surface area contributed by atoms with Gasteiger partial charge >= 0.3 is 6.03 Å². The van der Waals surface area contributed by atoms with Gasteiger partial charge in [0, 0.05) is 6.54 Å². The van der Waals surface area contributed by atoms with E-state index in [1.54, 1.807) is 4.90 Å². The molecule has 2 rings (SSSR count). The quantitative estimate of drug-likeness (QED) is 0.643. The lowest BCUT2D eigenvalue weighted by atomic mass is 9.87. The predicted molar refractivity (Wildman–Crippen MR) is 70.2 cm³/mol. The molecule has 1 spiro atoms. The van der Waals surface area contributed by atoms with Crippen molar-refractivity contribution in [2.45, 2.75) is 57.2 Å². The Bertz CT molecular complexity index is 290. The molecular formula is C13H25N3O2. The molecule has 2 aliphatic rings. The smallest absolute Gasteiger partial charge is 0.320 e. The van der Waals surface area contributed by atoms with Gasteiger partial charge in [-0.2, -0.15) is 0 Å². The largest absolute Gasteiger partial charge is 0.371 e. The highest BCUT2D eigenvalue weighted by Gasteiger charge is 2.50. The molecule has 0 aromatic heterocycles. The summed E-state index contributed by atoms with van der Waals surface area (Å²) in [5, 5.41) is 16.7. The summed E-state index contributed by atoms with van der Waals surface area (Å²) in [5.41, 5.74) is -0.410. The number of aliphatic hydroxyl groups is 1. The number of urea groups is 1. The van der Waals surface area contributed by atoms with E-state index < -0.39 is 11.8 Å². The second-order valence-electron chi connectivity index (χ2n) is 5.46. The number of hydrogen-bond donors (Lipinski definition) is 3. The molecule has 104 valence electrons. The van der Waals surface area contributed by atoms with E-state index in [1.807, 2.05) is 0 Å². The fraction of sp³-hybridized carbons (Fsp3) is 0.923. The Hall–Kier alpha value is -0.810. The van der Waals surface area contributed by atoms with Crippen molar-refractivity contribution < 1.29 is 9.90 Å². The van der Waals surface area contributed by atoms with Crippen LogP contribution in [0.4, 0.5) is 4.79 Å². The van der Waals surface area contributed by atoms with Crippen molar-refractivity contribution in [1.29, 1.82) is 0 Å². The minimum absolute atomic E-state index is 0.0964. The number of hydrogen-bond acceptors (Lipinski definition) is 3. The number of nitrogens with zero attached hydrogens (tertiary/aromatic N) is 1. The Labute approximate surface area is 109 Å². The third-order valence-electron chi connectivity index (χ3n) is 4.15. The number of carbonyl (C=O) groups is 1. The Morgan fingerprint density at radius 3 is 2.72 bits per heavy atom. The standard InChI is InChI=1S/C13H25N3O2/c1-2-3-4-5-10-16-11(17)13(15-12(16)18)6-8-14-9-7-13/h11,14,17H,2-10H2,1H3,(H,15,18). The van der Waals surface area contributed by atoms with Crippen molar-refractivity contribution in [1.82, 2.24) is 15.5 Å². The number of carbonyl (C=O) groups excluding carboxylic acids is 1. The minimum atomic E-state index is -0.659. The molecule has 0 radical (unpaired) electrons. The first-order chi connectivity index (χ1) is 8.69. The van der Waals surface area contributed by atoms with Gasteiger partial charge in [-0.25, -0.2) is 4.79 Å². The summed E-state index contributed by atoms with van der Waals surface area (Å²) < 4.78 is 0. The number of unbranched alkanes of at least 4 members (excludes halogenated alkanes) is 3. The average Bonchev–Trinajstić information content (AvgIpc) is 2.59. The van der Waals surface area contributed by atoms with Gasteiger partial charge in [-0.15, -0.1) is 0 Å². The van der Waals surface area contributed by atoms with Crippen LogP contribution in [-0.4, -0.2) is 47.4 Å². The molecule has 0 saturated carbocycles. The van der Waals surface area contributed by atoms with Gasteiger partial charge < -0.3 is 15.7 Å². The van der Waals surface area contributed by atoms with Gasteiger partial charge in [0.15, 0.2) is 6.23 Å². The predicted octanol–water partition coefficient (Wildman–Crippen LogP) is 1.03. The molecule has 1 atom stereocenters. The number of rotatable bonds is 5. The fourth-order valence-electron chi connectivity index (χ4n) is 2.95. The maximum Gasteiger partial charge on any atom is 0.320 e. The van der Waals surface area contributed by atoms with Crippen LogP contribution < -0.4 is 10.6 Å². The first-order valence-corrected chi connectivity index (χ1v) is 7.17. The third-order valence-corrected chi connectivity index (χ3v) is 4.15. The zero-order valence-electron chi connectivity index (χ0n) is 11.2. The van der Waals surface area contributed by atoms with Gasteiger partial charge in [-0.3, -0.25) is 4.90 Å². The van der Waals surface area contributed by atoms with E-state index in [4.69, 9.17) is 0 Å². The Kier molecular flexibility index (Phi) is 4.45. The summed E-state index contributed by atoms with van der Waals surface area (Å²) in [5.74, 6) is 0. The molecule has 2 fully saturated rings. The minimum Gasteiger partial charge on any atom is -0.371 e. The average molecular weight is 255 g/mol. The monoisotopic (exact) mass is 255 g/mol. The molecule has 0 aliphatic carbocycles. The molecular weight excluding hydrogens is 230 g/mol. The van der Waals surface area contributed by atoms with Crippen molar-refractivity contribution in [2.75, 3.05) is 19.6 Å². The van der Waals surface area contributed by atoms with Crippen LogP contribution in [0, 0.1) is 0 Å². The van der Waals surface area contributed by atoms with E-state index >= 15 is 0 Å². The number of piperidine rings is 1. The fourth-order valence-corrected chi connectivity index (χ4v) is 2.95. The maximum atomic E-state index is 12.0. The Morgan fingerprint density at radius 1 is 1.33 bits per heavy atom. The summed E-state index contributed by atoms with van der Waals surface area (Å²) in [6.07, 6.45) is 5.45. The van der Waals surface area contributed by atoms with Gasteiger partial charge in [-0.05, 0) is 32.4 Å². The highest BCUT2D eigenvalue weighted by atomic mass is 16.3. The van der Waals surface area contributed by atoms with Crippen LogP contribution in [0.5, 0.6) is 0 Å². The van der Waals surface area contributed by atoms with E-state index in [9.17, 15) is 9.90 Å². The van der Waals surface area contributed by atoms with Gasteiger partial charge in [-0.1, -0.05) is 26.2 Å². The molecule has 0 aromatic carbocycles. The zero-order valence-corrected chi connectivity index (χ0v) is 11.2. The summed E-state index contributed by atoms with van der Waals surface area (Å²) >= 11 is 0. The van der Waals surface area contributed by atoms with Crippen LogP contribution in [0.2, 0.25) is 0 Å². The number of aliphatic hydroxyl groups excluding tert-OH is 1. The van der Waals surface area contributed by atoms with Crippen LogP contribution in [0.15, 0.2) is 0 Å². The van der Waals surface area contributed by atoms with Crippen LogP contribution in [0.1, 0.15) is 45.4 Å². The van der Waals surface area contributed by atoms with Crippen molar-refractivity contribution in [3.8, 4) is 0 Å². The highest BCUT2D eigenvalue weighted by molar-refractivity contribution is 5.78. The second-order valence-corrected chi connectivity index (χ2v) is 5.46. The summed E-state index contributed by atoms with van der Waals surface area (Å²) in [7, 11) is 0. The van der Waals surface area contributed by atoms with E-state index in [1.165, 1.54) is 12.8 Å². The molecule has 5 nitrogen and oxygen atoms in total. The van der Waals surface area contributed by atoms with E-state index in [-0.39, 0.29) is 6.03 Å². The molecule has 3 N–H and O–H groups in total. The summed E-state index contributed by atoms with van der Waals surface area (Å²) in [6.45, 7) is 4.56. The summed E-state index contributed by atoms with van der Waals surface area (Å²) in [4.78, 5) is 13.6. The zero-order chi connectivity index (χ0) is 13.0. The number of amides is 2. The van der Waals surface area contributed by atoms with Crippen LogP contribution >= 0.6 is 0 Å². The highest BCUT2D eigenvalue weighted by Crippen LogP contribution is 2.30. The number of nitrogens with one attached hydrogen (secondary N) is 2. The molecule has 0 aromatic rings. The lowest BCUT2D eigenvalue weighted by Gasteiger charge is -2.36. The Balaban J connectivity index is 1.89. The molecule has 18 heavy (non-hydrogen) atoms. The molecule has 2 heterocycles. The lowest BCUT2D eigenvalue weighted by molar-refractivity contribution is -0.0105. The third kappa shape index (κ3) is 2.62. The van der Waals surface area contributed by atoms with E-state index in [0.717, 1.165) is 38.8 Å². The van der Waals surface area contributed by atoms with Gasteiger partial charge in [0.2, 0.25) is 0 Å². The normalized spacial score (nSPS) is 26.7. The van der Waals surface area contributed by atoms with Crippen LogP contribution in [0.3, 0.4) is 0 Å². The lowest BCUT2D eigenvalue weighted by Crippen LogP contribution is -2.56. The van der Waals surface area contributed by atoms with Gasteiger partial charge in [0.1, 0.15) is 0 Å². The maximum absolute atomic E-state index is 12.0. The second kappa shape index (κ2) is 5.89. The van der Waals surface area contributed by atoms with Crippen molar-refractivity contribution in [3.05, 3.63) is 0 Å². The van der Waals surface area contributed by atoms with Crippen molar-refractivity contribution in [2.24, 2.45) is 0 Å². The molecule has 1 unspecified atom stereocenters. The van der Waals surface area contributed by atoms with Gasteiger partial charge in [0.25, 0.3) is 0 Å².